The van der Waals surface area contributed by atoms with Crippen molar-refractivity contribution in [2.24, 2.45) is 0 Å². The van der Waals surface area contributed by atoms with Gasteiger partial charge in [0.15, 0.2) is 5.78 Å². The fourth-order valence-corrected chi connectivity index (χ4v) is 1.45. The van der Waals surface area contributed by atoms with E-state index in [-0.39, 0.29) is 11.9 Å². The molecule has 15 heavy (non-hydrogen) atoms. The third-order valence-corrected chi connectivity index (χ3v) is 2.91. The van der Waals surface area contributed by atoms with Crippen LogP contribution in [0.4, 0.5) is 0 Å². The van der Waals surface area contributed by atoms with Gasteiger partial charge in [-0.25, -0.2) is 0 Å². The molecule has 82 valence electrons. The van der Waals surface area contributed by atoms with Gasteiger partial charge in [-0.15, -0.1) is 0 Å². The SMILES string of the molecule is COC(C)C(=O)Cc1ccc(Cl)c(Cl)c1. The van der Waals surface area contributed by atoms with E-state index >= 15 is 0 Å². The van der Waals surface area contributed by atoms with Gasteiger partial charge in [-0.2, -0.15) is 0 Å². The number of benzene rings is 1. The van der Waals surface area contributed by atoms with Crippen molar-refractivity contribution in [1.29, 1.82) is 0 Å². The highest BCUT2D eigenvalue weighted by Gasteiger charge is 2.12. The molecule has 1 atom stereocenters. The summed E-state index contributed by atoms with van der Waals surface area (Å²) in [5.74, 6) is 0.0240. The number of halogens is 2. The number of carbonyl (C=O) groups is 1. The summed E-state index contributed by atoms with van der Waals surface area (Å²) in [6.45, 7) is 1.72. The molecule has 0 saturated heterocycles. The van der Waals surface area contributed by atoms with Gasteiger partial charge < -0.3 is 4.74 Å². The van der Waals surface area contributed by atoms with Crippen LogP contribution in [0.3, 0.4) is 0 Å². The fourth-order valence-electron chi connectivity index (χ4n) is 1.13. The Morgan fingerprint density at radius 3 is 2.60 bits per heavy atom. The molecule has 4 heteroatoms. The fraction of sp³-hybridized carbons (Fsp3) is 0.364. The molecule has 0 aliphatic carbocycles. The monoisotopic (exact) mass is 246 g/mol. The van der Waals surface area contributed by atoms with E-state index in [1.165, 1.54) is 7.11 Å². The van der Waals surface area contributed by atoms with E-state index in [2.05, 4.69) is 0 Å². The third-order valence-electron chi connectivity index (χ3n) is 2.17. The average molecular weight is 247 g/mol. The van der Waals surface area contributed by atoms with Gasteiger partial charge in [-0.3, -0.25) is 4.79 Å². The Hall–Kier alpha value is -0.570. The normalized spacial score (nSPS) is 12.5. The number of ether oxygens (including phenoxy) is 1. The topological polar surface area (TPSA) is 26.3 Å². The molecular formula is C11H12Cl2O2. The molecule has 1 aromatic carbocycles. The summed E-state index contributed by atoms with van der Waals surface area (Å²) in [5.41, 5.74) is 0.846. The zero-order valence-electron chi connectivity index (χ0n) is 8.59. The van der Waals surface area contributed by atoms with Crippen molar-refractivity contribution in [3.05, 3.63) is 33.8 Å². The summed E-state index contributed by atoms with van der Waals surface area (Å²) in [7, 11) is 1.51. The molecule has 0 amide bonds. The van der Waals surface area contributed by atoms with Gasteiger partial charge in [0, 0.05) is 13.5 Å². The van der Waals surface area contributed by atoms with Crippen molar-refractivity contribution in [3.63, 3.8) is 0 Å². The Morgan fingerprint density at radius 1 is 1.40 bits per heavy atom. The lowest BCUT2D eigenvalue weighted by Crippen LogP contribution is -2.20. The van der Waals surface area contributed by atoms with Crippen molar-refractivity contribution in [2.45, 2.75) is 19.4 Å². The van der Waals surface area contributed by atoms with E-state index in [9.17, 15) is 4.79 Å². The second-order valence-corrected chi connectivity index (χ2v) is 4.08. The standard InChI is InChI=1S/C11H12Cl2O2/c1-7(15-2)11(14)6-8-3-4-9(12)10(13)5-8/h3-5,7H,6H2,1-2H3. The van der Waals surface area contributed by atoms with E-state index in [0.29, 0.717) is 16.5 Å². The molecule has 0 N–H and O–H groups in total. The highest BCUT2D eigenvalue weighted by Crippen LogP contribution is 2.23. The lowest BCUT2D eigenvalue weighted by atomic mass is 10.1. The van der Waals surface area contributed by atoms with Crippen LogP contribution in [0, 0.1) is 0 Å². The Balaban J connectivity index is 2.73. The van der Waals surface area contributed by atoms with Crippen LogP contribution in [0.5, 0.6) is 0 Å². The van der Waals surface area contributed by atoms with Crippen LogP contribution in [0.2, 0.25) is 10.0 Å². The summed E-state index contributed by atoms with van der Waals surface area (Å²) in [6, 6.07) is 5.17. The number of hydrogen-bond donors (Lipinski definition) is 0. The number of Topliss-reactive ketones (excluding diaryl/α,β-unsaturated/α-hetero) is 1. The first-order valence-electron chi connectivity index (χ1n) is 4.54. The largest absolute Gasteiger partial charge is 0.374 e. The molecule has 0 aromatic heterocycles. The lowest BCUT2D eigenvalue weighted by molar-refractivity contribution is -0.127. The van der Waals surface area contributed by atoms with Gasteiger partial charge in [-0.1, -0.05) is 29.3 Å². The number of carbonyl (C=O) groups excluding carboxylic acids is 1. The maximum atomic E-state index is 11.5. The van der Waals surface area contributed by atoms with E-state index in [4.69, 9.17) is 27.9 Å². The summed E-state index contributed by atoms with van der Waals surface area (Å²) < 4.78 is 4.93. The molecule has 1 aromatic rings. The van der Waals surface area contributed by atoms with Gasteiger partial charge in [0.05, 0.1) is 10.0 Å². The molecule has 0 aliphatic heterocycles. The third kappa shape index (κ3) is 3.49. The van der Waals surface area contributed by atoms with Gasteiger partial charge in [-0.05, 0) is 24.6 Å². The van der Waals surface area contributed by atoms with Crippen LogP contribution in [0.1, 0.15) is 12.5 Å². The zero-order chi connectivity index (χ0) is 11.4. The van der Waals surface area contributed by atoms with E-state index < -0.39 is 0 Å². The number of hydrogen-bond acceptors (Lipinski definition) is 2. The minimum absolute atomic E-state index is 0.0240. The van der Waals surface area contributed by atoms with Crippen LogP contribution in [0.15, 0.2) is 18.2 Å². The summed E-state index contributed by atoms with van der Waals surface area (Å²) in [5, 5.41) is 0.958. The minimum Gasteiger partial charge on any atom is -0.374 e. The maximum absolute atomic E-state index is 11.5. The Labute approximate surface area is 99.1 Å². The average Bonchev–Trinajstić information content (AvgIpc) is 2.22. The van der Waals surface area contributed by atoms with Crippen molar-refractivity contribution in [1.82, 2.24) is 0 Å². The molecule has 0 saturated carbocycles. The first-order chi connectivity index (χ1) is 7.04. The van der Waals surface area contributed by atoms with E-state index in [1.54, 1.807) is 25.1 Å². The van der Waals surface area contributed by atoms with Crippen LogP contribution in [-0.4, -0.2) is 19.0 Å². The predicted octanol–water partition coefficient (Wildman–Crippen LogP) is 3.14. The van der Waals surface area contributed by atoms with Crippen LogP contribution in [0.25, 0.3) is 0 Å². The second-order valence-electron chi connectivity index (χ2n) is 3.27. The zero-order valence-corrected chi connectivity index (χ0v) is 10.1. The van der Waals surface area contributed by atoms with Crippen molar-refractivity contribution < 1.29 is 9.53 Å². The number of rotatable bonds is 4. The van der Waals surface area contributed by atoms with Crippen molar-refractivity contribution in [3.8, 4) is 0 Å². The Bertz CT molecular complexity index is 364. The molecule has 0 aliphatic rings. The van der Waals surface area contributed by atoms with Crippen LogP contribution >= 0.6 is 23.2 Å². The molecular weight excluding hydrogens is 235 g/mol. The first-order valence-corrected chi connectivity index (χ1v) is 5.29. The van der Waals surface area contributed by atoms with Crippen LogP contribution in [-0.2, 0) is 16.0 Å². The van der Waals surface area contributed by atoms with Gasteiger partial charge in [0.2, 0.25) is 0 Å². The minimum atomic E-state index is -0.389. The van der Waals surface area contributed by atoms with E-state index in [1.807, 2.05) is 0 Å². The molecule has 1 rings (SSSR count). The highest BCUT2D eigenvalue weighted by atomic mass is 35.5. The van der Waals surface area contributed by atoms with Gasteiger partial charge in [0.1, 0.15) is 6.10 Å². The summed E-state index contributed by atoms with van der Waals surface area (Å²) in [4.78, 5) is 11.5. The highest BCUT2D eigenvalue weighted by molar-refractivity contribution is 6.42. The van der Waals surface area contributed by atoms with Gasteiger partial charge in [0.25, 0.3) is 0 Å². The molecule has 0 heterocycles. The van der Waals surface area contributed by atoms with Crippen molar-refractivity contribution in [2.75, 3.05) is 7.11 Å². The second kappa shape index (κ2) is 5.50. The summed E-state index contributed by atoms with van der Waals surface area (Å²) >= 11 is 11.6. The molecule has 0 fully saturated rings. The molecule has 0 radical (unpaired) electrons. The lowest BCUT2D eigenvalue weighted by Gasteiger charge is -2.08. The van der Waals surface area contributed by atoms with Gasteiger partial charge >= 0.3 is 0 Å². The summed E-state index contributed by atoms with van der Waals surface area (Å²) in [6.07, 6.45) is -0.0780. The maximum Gasteiger partial charge on any atom is 0.165 e. The quantitative estimate of drug-likeness (QED) is 0.816. The van der Waals surface area contributed by atoms with Crippen LogP contribution < -0.4 is 0 Å². The molecule has 0 spiro atoms. The number of methoxy groups -OCH3 is 1. The molecule has 0 bridgehead atoms. The smallest absolute Gasteiger partial charge is 0.165 e. The Kier molecular flexibility index (Phi) is 4.58. The predicted molar refractivity (Wildman–Crippen MR) is 61.6 cm³/mol. The van der Waals surface area contributed by atoms with E-state index in [0.717, 1.165) is 5.56 Å². The Morgan fingerprint density at radius 2 is 2.07 bits per heavy atom. The molecule has 1 unspecified atom stereocenters. The number of ketones is 1. The first kappa shape index (κ1) is 12.5. The van der Waals surface area contributed by atoms with Crippen molar-refractivity contribution >= 4 is 29.0 Å². The molecule has 2 nitrogen and oxygen atoms in total.